The van der Waals surface area contributed by atoms with Gasteiger partial charge in [-0.1, -0.05) is 18.2 Å². The van der Waals surface area contributed by atoms with Crippen LogP contribution >= 0.6 is 0 Å². The molecule has 5 nitrogen and oxygen atoms in total. The summed E-state index contributed by atoms with van der Waals surface area (Å²) >= 11 is 0. The van der Waals surface area contributed by atoms with Crippen LogP contribution in [0.5, 0.6) is 0 Å². The third-order valence-electron chi connectivity index (χ3n) is 4.02. The number of methoxy groups -OCH3 is 2. The van der Waals surface area contributed by atoms with Gasteiger partial charge in [0.15, 0.2) is 0 Å². The molecule has 0 aliphatic carbocycles. The Balaban J connectivity index is 1.93. The van der Waals surface area contributed by atoms with Crippen LogP contribution in [0.3, 0.4) is 0 Å². The molecule has 1 fully saturated rings. The second-order valence-electron chi connectivity index (χ2n) is 4.95. The van der Waals surface area contributed by atoms with Gasteiger partial charge in [-0.25, -0.2) is 0 Å². The van der Waals surface area contributed by atoms with E-state index in [4.69, 9.17) is 9.47 Å². The molecule has 0 bridgehead atoms. The first-order valence-corrected chi connectivity index (χ1v) is 6.62. The van der Waals surface area contributed by atoms with E-state index < -0.39 is 5.79 Å². The van der Waals surface area contributed by atoms with E-state index >= 15 is 0 Å². The van der Waals surface area contributed by atoms with Crippen molar-refractivity contribution < 1.29 is 14.3 Å². The van der Waals surface area contributed by atoms with Crippen molar-refractivity contribution >= 4 is 5.91 Å². The van der Waals surface area contributed by atoms with Gasteiger partial charge in [0, 0.05) is 32.0 Å². The van der Waals surface area contributed by atoms with Crippen LogP contribution in [0, 0.1) is 0 Å². The van der Waals surface area contributed by atoms with Crippen molar-refractivity contribution in [1.82, 2.24) is 10.2 Å². The normalized spacial score (nSPS) is 23.6. The van der Waals surface area contributed by atoms with Crippen LogP contribution in [0.15, 0.2) is 42.1 Å². The summed E-state index contributed by atoms with van der Waals surface area (Å²) in [5, 5.41) is 3.31. The number of rotatable bonds is 3. The molecule has 1 amide bonds. The number of likely N-dealkylation sites (tertiary alicyclic amines) is 1. The monoisotopic (exact) mass is 274 g/mol. The topological polar surface area (TPSA) is 50.8 Å². The Hall–Kier alpha value is -1.69. The maximum Gasteiger partial charge on any atom is 0.258 e. The van der Waals surface area contributed by atoms with Gasteiger partial charge in [0.1, 0.15) is 6.04 Å². The largest absolute Gasteiger partial charge is 0.350 e. The van der Waals surface area contributed by atoms with Gasteiger partial charge in [0.05, 0.1) is 6.54 Å². The van der Waals surface area contributed by atoms with Gasteiger partial charge in [-0.05, 0) is 18.2 Å². The molecular weight excluding hydrogens is 256 g/mol. The number of benzene rings is 1. The van der Waals surface area contributed by atoms with Crippen molar-refractivity contribution in [2.45, 2.75) is 11.8 Å². The molecule has 1 unspecified atom stereocenters. The lowest BCUT2D eigenvalue weighted by molar-refractivity contribution is -0.205. The molecule has 0 radical (unpaired) electrons. The Morgan fingerprint density at radius 2 is 2.00 bits per heavy atom. The molecule has 0 saturated carbocycles. The van der Waals surface area contributed by atoms with E-state index in [1.165, 1.54) is 0 Å². The molecular formula is C15H18N2O3. The SMILES string of the molecule is COC1(OC)CN(C(=O)c2ccccc2)C2=CCNC21. The summed E-state index contributed by atoms with van der Waals surface area (Å²) in [5.74, 6) is -0.839. The molecule has 0 spiro atoms. The van der Waals surface area contributed by atoms with Crippen LogP contribution in [0.25, 0.3) is 0 Å². The van der Waals surface area contributed by atoms with E-state index in [1.54, 1.807) is 19.1 Å². The molecule has 1 aromatic carbocycles. The van der Waals surface area contributed by atoms with Crippen molar-refractivity contribution in [1.29, 1.82) is 0 Å². The zero-order valence-corrected chi connectivity index (χ0v) is 11.6. The first-order valence-electron chi connectivity index (χ1n) is 6.62. The summed E-state index contributed by atoms with van der Waals surface area (Å²) in [6.07, 6.45) is 2.02. The molecule has 2 aliphatic heterocycles. The fourth-order valence-electron chi connectivity index (χ4n) is 2.93. The minimum atomic E-state index is -0.813. The van der Waals surface area contributed by atoms with Gasteiger partial charge in [-0.2, -0.15) is 0 Å². The molecule has 106 valence electrons. The first kappa shape index (κ1) is 13.3. The van der Waals surface area contributed by atoms with Crippen LogP contribution in [-0.2, 0) is 9.47 Å². The molecule has 2 aliphatic rings. The molecule has 1 saturated heterocycles. The summed E-state index contributed by atoms with van der Waals surface area (Å²) in [5.41, 5.74) is 1.60. The van der Waals surface area contributed by atoms with Crippen LogP contribution < -0.4 is 5.32 Å². The Kier molecular flexibility index (Phi) is 3.33. The molecule has 2 heterocycles. The minimum absolute atomic E-state index is 0.0264. The number of carbonyl (C=O) groups excluding carboxylic acids is 1. The number of hydrogen-bond acceptors (Lipinski definition) is 4. The van der Waals surface area contributed by atoms with Gasteiger partial charge >= 0.3 is 0 Å². The van der Waals surface area contributed by atoms with Gasteiger partial charge in [-0.15, -0.1) is 0 Å². The van der Waals surface area contributed by atoms with E-state index in [1.807, 2.05) is 36.4 Å². The quantitative estimate of drug-likeness (QED) is 0.835. The maximum atomic E-state index is 12.7. The van der Waals surface area contributed by atoms with Gasteiger partial charge in [0.2, 0.25) is 5.79 Å². The summed E-state index contributed by atoms with van der Waals surface area (Å²) in [6.45, 7) is 1.10. The number of carbonyl (C=O) groups is 1. The average Bonchev–Trinajstić information content (AvgIpc) is 3.09. The van der Waals surface area contributed by atoms with Crippen LogP contribution in [0.2, 0.25) is 0 Å². The highest BCUT2D eigenvalue weighted by Crippen LogP contribution is 2.36. The molecule has 3 rings (SSSR count). The van der Waals surface area contributed by atoms with Crippen LogP contribution in [0.4, 0.5) is 0 Å². The fourth-order valence-corrected chi connectivity index (χ4v) is 2.93. The van der Waals surface area contributed by atoms with Crippen molar-refractivity contribution in [3.05, 3.63) is 47.7 Å². The predicted octanol–water partition coefficient (Wildman–Crippen LogP) is 0.987. The molecule has 0 aromatic heterocycles. The van der Waals surface area contributed by atoms with E-state index in [0.717, 1.165) is 5.70 Å². The van der Waals surface area contributed by atoms with Crippen LogP contribution in [0.1, 0.15) is 10.4 Å². The van der Waals surface area contributed by atoms with E-state index in [9.17, 15) is 4.79 Å². The molecule has 1 N–H and O–H groups in total. The Labute approximate surface area is 118 Å². The Morgan fingerprint density at radius 3 is 2.65 bits per heavy atom. The summed E-state index contributed by atoms with van der Waals surface area (Å²) in [7, 11) is 3.22. The van der Waals surface area contributed by atoms with Gasteiger partial charge in [-0.3, -0.25) is 4.79 Å². The minimum Gasteiger partial charge on any atom is -0.350 e. The second kappa shape index (κ2) is 5.01. The predicted molar refractivity (Wildman–Crippen MR) is 74.1 cm³/mol. The number of hydrogen-bond donors (Lipinski definition) is 1. The van der Waals surface area contributed by atoms with E-state index in [2.05, 4.69) is 5.32 Å². The number of fused-ring (bicyclic) bond motifs is 1. The van der Waals surface area contributed by atoms with Crippen LogP contribution in [-0.4, -0.2) is 49.9 Å². The maximum absolute atomic E-state index is 12.7. The lowest BCUT2D eigenvalue weighted by Crippen LogP contribution is -2.50. The van der Waals surface area contributed by atoms with Gasteiger partial charge in [0.25, 0.3) is 5.91 Å². The van der Waals surface area contributed by atoms with E-state index in [-0.39, 0.29) is 11.9 Å². The summed E-state index contributed by atoms with van der Waals surface area (Å²) < 4.78 is 11.1. The smallest absolute Gasteiger partial charge is 0.258 e. The molecule has 20 heavy (non-hydrogen) atoms. The number of ether oxygens (including phenoxy) is 2. The highest BCUT2D eigenvalue weighted by Gasteiger charge is 2.53. The second-order valence-corrected chi connectivity index (χ2v) is 4.95. The lowest BCUT2D eigenvalue weighted by Gasteiger charge is -2.30. The zero-order valence-electron chi connectivity index (χ0n) is 11.6. The number of nitrogens with zero attached hydrogens (tertiary/aromatic N) is 1. The van der Waals surface area contributed by atoms with Gasteiger partial charge < -0.3 is 19.7 Å². The zero-order chi connectivity index (χ0) is 14.2. The molecule has 5 heteroatoms. The Morgan fingerprint density at radius 1 is 1.30 bits per heavy atom. The molecule has 1 atom stereocenters. The highest BCUT2D eigenvalue weighted by molar-refractivity contribution is 5.96. The average molecular weight is 274 g/mol. The first-order chi connectivity index (χ1) is 9.72. The third kappa shape index (κ3) is 1.86. The number of nitrogens with one attached hydrogen (secondary N) is 1. The summed E-state index contributed by atoms with van der Waals surface area (Å²) in [6, 6.07) is 9.16. The third-order valence-corrected chi connectivity index (χ3v) is 4.02. The number of amides is 1. The Bertz CT molecular complexity index is 537. The van der Waals surface area contributed by atoms with Crippen molar-refractivity contribution in [2.75, 3.05) is 27.3 Å². The summed E-state index contributed by atoms with van der Waals surface area (Å²) in [4.78, 5) is 14.4. The lowest BCUT2D eigenvalue weighted by atomic mass is 10.1. The van der Waals surface area contributed by atoms with Crippen molar-refractivity contribution in [3.8, 4) is 0 Å². The molecule has 1 aromatic rings. The van der Waals surface area contributed by atoms with E-state index in [0.29, 0.717) is 18.7 Å². The fraction of sp³-hybridized carbons (Fsp3) is 0.400. The highest BCUT2D eigenvalue weighted by atomic mass is 16.7. The van der Waals surface area contributed by atoms with Crippen molar-refractivity contribution in [3.63, 3.8) is 0 Å². The standard InChI is InChI=1S/C15H18N2O3/c1-19-15(20-2)10-17(12-8-9-16-13(12)15)14(18)11-6-4-3-5-7-11/h3-8,13,16H,9-10H2,1-2H3. The van der Waals surface area contributed by atoms with Crippen molar-refractivity contribution in [2.24, 2.45) is 0 Å².